The van der Waals surface area contributed by atoms with E-state index in [2.05, 4.69) is 28.5 Å². The molecule has 1 aromatic heterocycles. The van der Waals surface area contributed by atoms with Gasteiger partial charge in [-0.05, 0) is 29.7 Å². The number of nitriles is 1. The Hall–Kier alpha value is -2.88. The molecule has 0 spiro atoms. The second-order valence-electron chi connectivity index (χ2n) is 6.19. The highest BCUT2D eigenvalue weighted by Crippen LogP contribution is 2.29. The summed E-state index contributed by atoms with van der Waals surface area (Å²) in [5.41, 5.74) is 2.27. The number of rotatable bonds is 10. The van der Waals surface area contributed by atoms with Crippen molar-refractivity contribution in [2.24, 2.45) is 0 Å². The van der Waals surface area contributed by atoms with E-state index in [0.717, 1.165) is 10.6 Å². The zero-order valence-electron chi connectivity index (χ0n) is 15.8. The van der Waals surface area contributed by atoms with Crippen molar-refractivity contribution in [1.29, 1.82) is 5.26 Å². The van der Waals surface area contributed by atoms with E-state index in [1.165, 1.54) is 5.56 Å². The zero-order chi connectivity index (χ0) is 19.6. The first-order chi connectivity index (χ1) is 13.8. The van der Waals surface area contributed by atoms with Crippen LogP contribution in [0.2, 0.25) is 0 Å². The number of aromatic nitrogens is 1. The number of hydrogen-bond acceptors (Lipinski definition) is 6. The lowest BCUT2D eigenvalue weighted by Gasteiger charge is -2.18. The van der Waals surface area contributed by atoms with Crippen molar-refractivity contribution in [2.75, 3.05) is 13.7 Å². The van der Waals surface area contributed by atoms with E-state index in [1.807, 2.05) is 48.0 Å². The number of nitrogens with one attached hydrogen (secondary N) is 1. The molecule has 1 heterocycles. The Balaban J connectivity index is 1.72. The normalized spacial score (nSPS) is 11.6. The summed E-state index contributed by atoms with van der Waals surface area (Å²) in [5.74, 6) is 1.39. The summed E-state index contributed by atoms with van der Waals surface area (Å²) in [4.78, 5) is 4.49. The molecule has 1 unspecified atom stereocenters. The van der Waals surface area contributed by atoms with Gasteiger partial charge in [-0.3, -0.25) is 0 Å². The minimum Gasteiger partial charge on any atom is -0.493 e. The Kier molecular flexibility index (Phi) is 7.42. The van der Waals surface area contributed by atoms with Crippen molar-refractivity contribution in [3.05, 3.63) is 76.2 Å². The molecule has 0 amide bonds. The van der Waals surface area contributed by atoms with Gasteiger partial charge in [0.25, 0.3) is 0 Å². The van der Waals surface area contributed by atoms with Crippen LogP contribution in [0, 0.1) is 11.3 Å². The summed E-state index contributed by atoms with van der Waals surface area (Å²) in [5, 5.41) is 15.3. The van der Waals surface area contributed by atoms with Gasteiger partial charge in [-0.2, -0.15) is 5.26 Å². The summed E-state index contributed by atoms with van der Waals surface area (Å²) < 4.78 is 11.2. The zero-order valence-corrected chi connectivity index (χ0v) is 16.6. The molecule has 28 heavy (non-hydrogen) atoms. The molecule has 144 valence electrons. The molecule has 0 aliphatic carbocycles. The van der Waals surface area contributed by atoms with Crippen LogP contribution < -0.4 is 14.8 Å². The maximum Gasteiger partial charge on any atom is 0.161 e. The van der Waals surface area contributed by atoms with Gasteiger partial charge in [-0.1, -0.05) is 36.4 Å². The fourth-order valence-electron chi connectivity index (χ4n) is 2.87. The molecule has 0 bridgehead atoms. The molecule has 1 N–H and O–H groups in total. The average molecular weight is 394 g/mol. The van der Waals surface area contributed by atoms with Gasteiger partial charge in [0, 0.05) is 24.5 Å². The Morgan fingerprint density at radius 3 is 2.75 bits per heavy atom. The van der Waals surface area contributed by atoms with Crippen LogP contribution in [0.4, 0.5) is 0 Å². The Labute approximate surface area is 169 Å². The number of ether oxygens (including phenoxy) is 2. The van der Waals surface area contributed by atoms with Crippen molar-refractivity contribution < 1.29 is 9.47 Å². The average Bonchev–Trinajstić information content (AvgIpc) is 3.27. The highest BCUT2D eigenvalue weighted by molar-refractivity contribution is 7.09. The molecule has 0 radical (unpaired) electrons. The molecule has 0 saturated heterocycles. The fraction of sp³-hybridized carbons (Fsp3) is 0.273. The van der Waals surface area contributed by atoms with E-state index < -0.39 is 0 Å². The van der Waals surface area contributed by atoms with E-state index in [0.29, 0.717) is 37.5 Å². The van der Waals surface area contributed by atoms with Gasteiger partial charge >= 0.3 is 0 Å². The number of nitrogens with zero attached hydrogens (tertiary/aromatic N) is 2. The van der Waals surface area contributed by atoms with Gasteiger partial charge in [-0.25, -0.2) is 4.98 Å². The molecule has 3 rings (SSSR count). The quantitative estimate of drug-likeness (QED) is 0.505. The molecule has 6 heteroatoms. The van der Waals surface area contributed by atoms with E-state index in [4.69, 9.17) is 14.7 Å². The van der Waals surface area contributed by atoms with Crippen molar-refractivity contribution in [2.45, 2.75) is 25.4 Å². The van der Waals surface area contributed by atoms with E-state index >= 15 is 0 Å². The van der Waals surface area contributed by atoms with E-state index in [-0.39, 0.29) is 6.04 Å². The van der Waals surface area contributed by atoms with Gasteiger partial charge in [0.05, 0.1) is 25.8 Å². The van der Waals surface area contributed by atoms with Crippen LogP contribution in [-0.4, -0.2) is 18.7 Å². The summed E-state index contributed by atoms with van der Waals surface area (Å²) in [6.45, 7) is 1.16. The fourth-order valence-corrected chi connectivity index (χ4v) is 3.61. The van der Waals surface area contributed by atoms with Gasteiger partial charge in [0.1, 0.15) is 5.01 Å². The van der Waals surface area contributed by atoms with Crippen molar-refractivity contribution >= 4 is 11.3 Å². The first kappa shape index (κ1) is 19.9. The Morgan fingerprint density at radius 1 is 1.18 bits per heavy atom. The molecule has 0 saturated carbocycles. The topological polar surface area (TPSA) is 67.2 Å². The lowest BCUT2D eigenvalue weighted by molar-refractivity contribution is 0.290. The number of unbranched alkanes of at least 4 members (excludes halogenated alkanes) is 1. The number of benzene rings is 2. The predicted octanol–water partition coefficient (Wildman–Crippen LogP) is 4.71. The predicted molar refractivity (Wildman–Crippen MR) is 111 cm³/mol. The summed E-state index contributed by atoms with van der Waals surface area (Å²) >= 11 is 1.64. The smallest absolute Gasteiger partial charge is 0.161 e. The van der Waals surface area contributed by atoms with E-state index in [1.54, 1.807) is 18.4 Å². The summed E-state index contributed by atoms with van der Waals surface area (Å²) in [7, 11) is 1.63. The third-order valence-electron chi connectivity index (χ3n) is 4.26. The Bertz CT molecular complexity index is 892. The molecular weight excluding hydrogens is 370 g/mol. The highest BCUT2D eigenvalue weighted by atomic mass is 32.1. The molecule has 5 nitrogen and oxygen atoms in total. The third-order valence-corrected chi connectivity index (χ3v) is 5.10. The molecule has 2 aromatic carbocycles. The number of thiazole rings is 1. The van der Waals surface area contributed by atoms with Crippen LogP contribution in [0.3, 0.4) is 0 Å². The molecule has 3 aromatic rings. The minimum atomic E-state index is 0.0308. The number of methoxy groups -OCH3 is 1. The summed E-state index contributed by atoms with van der Waals surface area (Å²) in [6.07, 6.45) is 3.01. The summed E-state index contributed by atoms with van der Waals surface area (Å²) in [6, 6.07) is 18.4. The monoisotopic (exact) mass is 393 g/mol. The van der Waals surface area contributed by atoms with Crippen LogP contribution in [-0.2, 0) is 6.54 Å². The first-order valence-corrected chi connectivity index (χ1v) is 10.0. The molecule has 0 aliphatic heterocycles. The lowest BCUT2D eigenvalue weighted by Crippen LogP contribution is -2.22. The van der Waals surface area contributed by atoms with Crippen LogP contribution in [0.15, 0.2) is 60.1 Å². The van der Waals surface area contributed by atoms with Crippen LogP contribution in [0.25, 0.3) is 0 Å². The second kappa shape index (κ2) is 10.5. The largest absolute Gasteiger partial charge is 0.493 e. The van der Waals surface area contributed by atoms with Gasteiger partial charge in [0.2, 0.25) is 0 Å². The van der Waals surface area contributed by atoms with Gasteiger partial charge in [-0.15, -0.1) is 11.3 Å². The second-order valence-corrected chi connectivity index (χ2v) is 7.12. The van der Waals surface area contributed by atoms with Crippen LogP contribution in [0.5, 0.6) is 11.5 Å². The maximum absolute atomic E-state index is 8.66. The molecule has 0 aliphatic rings. The lowest BCUT2D eigenvalue weighted by atomic mass is 10.1. The highest BCUT2D eigenvalue weighted by Gasteiger charge is 2.16. The van der Waals surface area contributed by atoms with Crippen LogP contribution in [0.1, 0.15) is 35.0 Å². The van der Waals surface area contributed by atoms with E-state index in [9.17, 15) is 0 Å². The minimum absolute atomic E-state index is 0.0308. The molecule has 0 fully saturated rings. The first-order valence-electron chi connectivity index (χ1n) is 9.16. The maximum atomic E-state index is 8.66. The molecular formula is C22H23N3O2S. The van der Waals surface area contributed by atoms with Crippen molar-refractivity contribution in [3.8, 4) is 17.6 Å². The Morgan fingerprint density at radius 2 is 2.04 bits per heavy atom. The molecule has 1 atom stereocenters. The van der Waals surface area contributed by atoms with Gasteiger partial charge in [0.15, 0.2) is 11.5 Å². The number of hydrogen-bond donors (Lipinski definition) is 1. The van der Waals surface area contributed by atoms with Crippen molar-refractivity contribution in [3.63, 3.8) is 0 Å². The SMILES string of the molecule is COc1ccc(CNC(c2ccccc2)c2nccs2)cc1OCCCC#N. The standard InChI is InChI=1S/C22H23N3O2S/c1-26-19-10-9-17(15-20(19)27-13-6-5-11-23)16-25-21(22-24-12-14-28-22)18-7-3-2-4-8-18/h2-4,7-10,12,14-15,21,25H,5-6,13,16H2,1H3. The van der Waals surface area contributed by atoms with Crippen LogP contribution >= 0.6 is 11.3 Å². The third kappa shape index (κ3) is 5.32. The van der Waals surface area contributed by atoms with Gasteiger partial charge < -0.3 is 14.8 Å². The van der Waals surface area contributed by atoms with Crippen molar-refractivity contribution in [1.82, 2.24) is 10.3 Å².